The zero-order chi connectivity index (χ0) is 20.1. The maximum absolute atomic E-state index is 11.8. The smallest absolute Gasteiger partial charge is 0.408 e. The Morgan fingerprint density at radius 1 is 1.19 bits per heavy atom. The molecule has 1 unspecified atom stereocenters. The first kappa shape index (κ1) is 22.0. The summed E-state index contributed by atoms with van der Waals surface area (Å²) in [4.78, 5) is 13.0. The van der Waals surface area contributed by atoms with E-state index in [0.717, 1.165) is 11.8 Å². The number of hydrogen-bond donors (Lipinski definition) is 1. The van der Waals surface area contributed by atoms with Crippen LogP contribution in [0.5, 0.6) is 11.5 Å². The summed E-state index contributed by atoms with van der Waals surface area (Å²) in [5.74, 6) is 1.05. The Hall–Kier alpha value is -2.00. The van der Waals surface area contributed by atoms with Crippen molar-refractivity contribution < 1.29 is 32.0 Å². The van der Waals surface area contributed by atoms with Crippen molar-refractivity contribution >= 4 is 16.2 Å². The highest BCUT2D eigenvalue weighted by Crippen LogP contribution is 2.29. The van der Waals surface area contributed by atoms with Gasteiger partial charge in [-0.3, -0.25) is 9.08 Å². The fraction of sp³-hybridized carbons (Fsp3) is 0.588. The minimum atomic E-state index is -3.70. The van der Waals surface area contributed by atoms with Crippen LogP contribution in [0.4, 0.5) is 4.79 Å². The quantitative estimate of drug-likeness (QED) is 0.681. The lowest BCUT2D eigenvalue weighted by Gasteiger charge is -2.39. The largest absolute Gasteiger partial charge is 0.493 e. The fourth-order valence-corrected chi connectivity index (χ4v) is 3.10. The third kappa shape index (κ3) is 6.38. The molecule has 0 aliphatic carbocycles. The Labute approximate surface area is 154 Å². The first-order chi connectivity index (χ1) is 11.9. The molecule has 148 valence electrons. The summed E-state index contributed by atoms with van der Waals surface area (Å²) in [6, 6.07) is 4.51. The Bertz CT molecular complexity index is 725. The van der Waals surface area contributed by atoms with E-state index >= 15 is 0 Å². The lowest BCUT2D eigenvalue weighted by Crippen LogP contribution is -2.53. The van der Waals surface area contributed by atoms with E-state index in [1.807, 2.05) is 0 Å². The molecule has 9 heteroatoms. The maximum Gasteiger partial charge on any atom is 0.408 e. The van der Waals surface area contributed by atoms with Crippen LogP contribution in [0.2, 0.25) is 0 Å². The fourth-order valence-electron chi connectivity index (χ4n) is 2.70. The molecule has 0 bridgehead atoms. The summed E-state index contributed by atoms with van der Waals surface area (Å²) in [5, 5.41) is 9.65. The second-order valence-corrected chi connectivity index (χ2v) is 8.50. The van der Waals surface area contributed by atoms with Gasteiger partial charge in [0.15, 0.2) is 11.5 Å². The summed E-state index contributed by atoms with van der Waals surface area (Å²) < 4.78 is 38.1. The lowest BCUT2D eigenvalue weighted by molar-refractivity contribution is 0.0523. The van der Waals surface area contributed by atoms with Gasteiger partial charge in [-0.25, -0.2) is 4.79 Å². The van der Waals surface area contributed by atoms with E-state index < -0.39 is 27.8 Å². The van der Waals surface area contributed by atoms with Crippen molar-refractivity contribution in [1.82, 2.24) is 4.90 Å². The molecule has 0 aromatic heterocycles. The summed E-state index contributed by atoms with van der Waals surface area (Å²) in [7, 11) is -0.680. The molecule has 1 aromatic rings. The van der Waals surface area contributed by atoms with E-state index in [0.29, 0.717) is 11.5 Å². The van der Waals surface area contributed by atoms with Gasteiger partial charge in [-0.1, -0.05) is 6.07 Å². The standard InChI is InChI=1S/C17H27NO7S/c1-17(2,3)18(16(19)20)13(11-25-26(6,21)22)9-12-7-8-14(23-4)15(10-12)24-5/h7-8,10,13H,9,11H2,1-6H3,(H,19,20). The van der Waals surface area contributed by atoms with Crippen LogP contribution in [0.15, 0.2) is 18.2 Å². The molecule has 1 N–H and O–H groups in total. The van der Waals surface area contributed by atoms with Crippen molar-refractivity contribution in [1.29, 1.82) is 0 Å². The van der Waals surface area contributed by atoms with E-state index in [-0.39, 0.29) is 13.0 Å². The van der Waals surface area contributed by atoms with Gasteiger partial charge < -0.3 is 14.6 Å². The zero-order valence-corrected chi connectivity index (χ0v) is 16.8. The molecule has 1 atom stereocenters. The molecular formula is C17H27NO7S. The van der Waals surface area contributed by atoms with Crippen molar-refractivity contribution in [3.05, 3.63) is 23.8 Å². The lowest BCUT2D eigenvalue weighted by atomic mass is 9.98. The molecule has 1 aromatic carbocycles. The number of benzene rings is 1. The van der Waals surface area contributed by atoms with Gasteiger partial charge in [-0.15, -0.1) is 0 Å². The molecule has 0 heterocycles. The van der Waals surface area contributed by atoms with Crippen LogP contribution in [0.3, 0.4) is 0 Å². The van der Waals surface area contributed by atoms with E-state index in [9.17, 15) is 18.3 Å². The maximum atomic E-state index is 11.8. The minimum absolute atomic E-state index is 0.249. The van der Waals surface area contributed by atoms with Crippen molar-refractivity contribution in [3.63, 3.8) is 0 Å². The van der Waals surface area contributed by atoms with Crippen LogP contribution in [-0.2, 0) is 20.7 Å². The highest BCUT2D eigenvalue weighted by Gasteiger charge is 2.34. The molecular weight excluding hydrogens is 362 g/mol. The topological polar surface area (TPSA) is 102 Å². The predicted octanol–water partition coefficient (Wildman–Crippen LogP) is 2.37. The van der Waals surface area contributed by atoms with Gasteiger partial charge in [0.2, 0.25) is 0 Å². The Morgan fingerprint density at radius 2 is 1.77 bits per heavy atom. The van der Waals surface area contributed by atoms with Gasteiger partial charge in [0, 0.05) is 5.54 Å². The predicted molar refractivity (Wildman–Crippen MR) is 97.5 cm³/mol. The normalized spacial score (nSPS) is 13.2. The van der Waals surface area contributed by atoms with Crippen molar-refractivity contribution in [2.24, 2.45) is 0 Å². The Balaban J connectivity index is 3.21. The highest BCUT2D eigenvalue weighted by atomic mass is 32.2. The first-order valence-electron chi connectivity index (χ1n) is 7.96. The van der Waals surface area contributed by atoms with Crippen molar-refractivity contribution in [2.45, 2.75) is 38.8 Å². The molecule has 1 rings (SSSR count). The SMILES string of the molecule is COc1ccc(CC(COS(C)(=O)=O)N(C(=O)O)C(C)(C)C)cc1OC. The molecule has 26 heavy (non-hydrogen) atoms. The second-order valence-electron chi connectivity index (χ2n) is 6.86. The number of hydrogen-bond acceptors (Lipinski definition) is 6. The molecule has 0 fully saturated rings. The summed E-state index contributed by atoms with van der Waals surface area (Å²) in [6.07, 6.45) is 0.0299. The highest BCUT2D eigenvalue weighted by molar-refractivity contribution is 7.85. The van der Waals surface area contributed by atoms with E-state index in [4.69, 9.17) is 13.7 Å². The van der Waals surface area contributed by atoms with E-state index in [1.54, 1.807) is 39.0 Å². The van der Waals surface area contributed by atoms with E-state index in [2.05, 4.69) is 0 Å². The van der Waals surface area contributed by atoms with Crippen LogP contribution < -0.4 is 9.47 Å². The number of carbonyl (C=O) groups is 1. The van der Waals surface area contributed by atoms with Crippen LogP contribution in [0.25, 0.3) is 0 Å². The number of carboxylic acid groups (broad SMARTS) is 1. The second kappa shape index (κ2) is 8.59. The third-order valence-electron chi connectivity index (χ3n) is 3.69. The van der Waals surface area contributed by atoms with Gasteiger partial charge in [0.05, 0.1) is 33.1 Å². The van der Waals surface area contributed by atoms with Gasteiger partial charge >= 0.3 is 6.09 Å². The molecule has 0 radical (unpaired) electrons. The summed E-state index contributed by atoms with van der Waals surface area (Å²) >= 11 is 0. The number of methoxy groups -OCH3 is 2. The molecule has 0 spiro atoms. The molecule has 0 saturated carbocycles. The first-order valence-corrected chi connectivity index (χ1v) is 9.78. The van der Waals surface area contributed by atoms with Gasteiger partial charge in [-0.05, 0) is 44.9 Å². The van der Waals surface area contributed by atoms with Crippen LogP contribution in [-0.4, -0.2) is 63.2 Å². The van der Waals surface area contributed by atoms with E-state index in [1.165, 1.54) is 19.1 Å². The number of ether oxygens (including phenoxy) is 2. The molecule has 1 amide bonds. The summed E-state index contributed by atoms with van der Waals surface area (Å²) in [6.45, 7) is 4.94. The van der Waals surface area contributed by atoms with Crippen LogP contribution >= 0.6 is 0 Å². The average Bonchev–Trinajstić information content (AvgIpc) is 2.49. The van der Waals surface area contributed by atoms with Gasteiger partial charge in [0.25, 0.3) is 10.1 Å². The third-order valence-corrected chi connectivity index (χ3v) is 4.25. The van der Waals surface area contributed by atoms with Crippen molar-refractivity contribution in [3.8, 4) is 11.5 Å². The zero-order valence-electron chi connectivity index (χ0n) is 16.0. The molecule has 0 saturated heterocycles. The van der Waals surface area contributed by atoms with Crippen molar-refractivity contribution in [2.75, 3.05) is 27.1 Å². The number of nitrogens with zero attached hydrogens (tertiary/aromatic N) is 1. The number of rotatable bonds is 8. The van der Waals surface area contributed by atoms with Gasteiger partial charge in [0.1, 0.15) is 0 Å². The monoisotopic (exact) mass is 389 g/mol. The van der Waals surface area contributed by atoms with Crippen LogP contribution in [0.1, 0.15) is 26.3 Å². The Kier molecular flexibility index (Phi) is 7.28. The molecule has 8 nitrogen and oxygen atoms in total. The van der Waals surface area contributed by atoms with Crippen LogP contribution in [0, 0.1) is 0 Å². The van der Waals surface area contributed by atoms with Gasteiger partial charge in [-0.2, -0.15) is 8.42 Å². The molecule has 0 aliphatic rings. The number of amides is 1. The Morgan fingerprint density at radius 3 is 2.19 bits per heavy atom. The summed E-state index contributed by atoms with van der Waals surface area (Å²) in [5.41, 5.74) is 0.0220. The molecule has 0 aliphatic heterocycles. The minimum Gasteiger partial charge on any atom is -0.493 e. The average molecular weight is 389 g/mol.